The number of nitrogens with zero attached hydrogens (tertiary/aromatic N) is 2. The molecule has 0 saturated heterocycles. The van der Waals surface area contributed by atoms with Gasteiger partial charge in [-0.2, -0.15) is 0 Å². The zero-order chi connectivity index (χ0) is 11.7. The predicted octanol–water partition coefficient (Wildman–Crippen LogP) is 2.28. The van der Waals surface area contributed by atoms with Crippen LogP contribution in [0.2, 0.25) is 0 Å². The van der Waals surface area contributed by atoms with Crippen molar-refractivity contribution in [3.8, 4) is 0 Å². The van der Waals surface area contributed by atoms with Gasteiger partial charge in [0.25, 0.3) is 0 Å². The molecule has 0 bridgehead atoms. The molecule has 0 spiro atoms. The van der Waals surface area contributed by atoms with E-state index in [1.807, 2.05) is 11.8 Å². The molecule has 1 atom stereocenters. The molecular formula is C11H13BrFN3. The maximum absolute atomic E-state index is 13.2. The fourth-order valence-corrected chi connectivity index (χ4v) is 2.46. The maximum atomic E-state index is 13.2. The molecule has 1 unspecified atom stereocenters. The van der Waals surface area contributed by atoms with E-state index in [4.69, 9.17) is 5.73 Å². The Hall–Kier alpha value is -1.10. The van der Waals surface area contributed by atoms with E-state index in [0.717, 1.165) is 16.6 Å². The van der Waals surface area contributed by atoms with Crippen LogP contribution in [0.1, 0.15) is 18.5 Å². The minimum atomic E-state index is -0.236. The fourth-order valence-electron chi connectivity index (χ4n) is 1.95. The zero-order valence-electron chi connectivity index (χ0n) is 8.95. The molecule has 1 aromatic rings. The van der Waals surface area contributed by atoms with Crippen molar-refractivity contribution in [2.75, 3.05) is 13.1 Å². The number of hydrogen-bond donors (Lipinski definition) is 1. The Morgan fingerprint density at radius 1 is 1.62 bits per heavy atom. The van der Waals surface area contributed by atoms with Gasteiger partial charge in [-0.15, -0.1) is 0 Å². The Kier molecular flexibility index (Phi) is 3.14. The number of hydrogen-bond acceptors (Lipinski definition) is 3. The Bertz CT molecular complexity index is 433. The van der Waals surface area contributed by atoms with Gasteiger partial charge in [0, 0.05) is 11.0 Å². The summed E-state index contributed by atoms with van der Waals surface area (Å²) in [6.07, 6.45) is 0. The van der Waals surface area contributed by atoms with E-state index in [0.29, 0.717) is 12.5 Å². The van der Waals surface area contributed by atoms with Gasteiger partial charge >= 0.3 is 0 Å². The van der Waals surface area contributed by atoms with Crippen molar-refractivity contribution in [1.29, 1.82) is 0 Å². The van der Waals surface area contributed by atoms with E-state index in [2.05, 4.69) is 20.9 Å². The summed E-state index contributed by atoms with van der Waals surface area (Å²) in [5.74, 6) is 0.295. The quantitative estimate of drug-likeness (QED) is 0.906. The van der Waals surface area contributed by atoms with Crippen LogP contribution in [0.3, 0.4) is 0 Å². The van der Waals surface area contributed by atoms with E-state index < -0.39 is 0 Å². The normalized spacial score (nSPS) is 20.1. The molecule has 3 nitrogen and oxygen atoms in total. The van der Waals surface area contributed by atoms with Gasteiger partial charge in [-0.05, 0) is 30.7 Å². The molecule has 1 aliphatic rings. The van der Waals surface area contributed by atoms with E-state index in [1.54, 1.807) is 6.07 Å². The Morgan fingerprint density at radius 3 is 3.06 bits per heavy atom. The summed E-state index contributed by atoms with van der Waals surface area (Å²) in [5, 5.41) is 0. The van der Waals surface area contributed by atoms with Gasteiger partial charge in [0.15, 0.2) is 5.96 Å². The molecule has 0 fully saturated rings. The van der Waals surface area contributed by atoms with Crippen molar-refractivity contribution in [2.45, 2.75) is 13.0 Å². The summed E-state index contributed by atoms with van der Waals surface area (Å²) >= 11 is 3.43. The first-order chi connectivity index (χ1) is 7.63. The fraction of sp³-hybridized carbons (Fsp3) is 0.364. The minimum Gasteiger partial charge on any atom is -0.370 e. The van der Waals surface area contributed by atoms with Crippen molar-refractivity contribution in [1.82, 2.24) is 4.90 Å². The molecule has 1 aromatic carbocycles. The van der Waals surface area contributed by atoms with E-state index in [1.165, 1.54) is 12.1 Å². The smallest absolute Gasteiger partial charge is 0.191 e. The molecule has 1 aliphatic heterocycles. The van der Waals surface area contributed by atoms with Crippen LogP contribution < -0.4 is 5.73 Å². The first-order valence-corrected chi connectivity index (χ1v) is 5.94. The largest absolute Gasteiger partial charge is 0.370 e. The number of nitrogens with two attached hydrogens (primary N) is 1. The molecular weight excluding hydrogens is 273 g/mol. The van der Waals surface area contributed by atoms with E-state index in [9.17, 15) is 4.39 Å². The number of guanidine groups is 1. The number of benzene rings is 1. The van der Waals surface area contributed by atoms with Crippen LogP contribution in [0.4, 0.5) is 4.39 Å². The average Bonchev–Trinajstić information content (AvgIpc) is 2.63. The van der Waals surface area contributed by atoms with Gasteiger partial charge in [0.1, 0.15) is 5.82 Å². The van der Waals surface area contributed by atoms with Crippen molar-refractivity contribution in [3.05, 3.63) is 34.1 Å². The minimum absolute atomic E-state index is 0.0371. The third-order valence-electron chi connectivity index (χ3n) is 2.75. The summed E-state index contributed by atoms with van der Waals surface area (Å²) in [4.78, 5) is 6.17. The highest BCUT2D eigenvalue weighted by Crippen LogP contribution is 2.31. The Balaban J connectivity index is 2.35. The van der Waals surface area contributed by atoms with Crippen LogP contribution in [0.5, 0.6) is 0 Å². The Morgan fingerprint density at radius 2 is 2.38 bits per heavy atom. The number of halogens is 2. The lowest BCUT2D eigenvalue weighted by Gasteiger charge is -2.25. The van der Waals surface area contributed by atoms with Crippen LogP contribution in [0.25, 0.3) is 0 Å². The summed E-state index contributed by atoms with van der Waals surface area (Å²) in [6.45, 7) is 3.36. The summed E-state index contributed by atoms with van der Waals surface area (Å²) < 4.78 is 14.1. The van der Waals surface area contributed by atoms with Crippen molar-refractivity contribution < 1.29 is 4.39 Å². The highest BCUT2D eigenvalue weighted by atomic mass is 79.9. The lowest BCUT2D eigenvalue weighted by Crippen LogP contribution is -2.35. The zero-order valence-corrected chi connectivity index (χ0v) is 10.5. The van der Waals surface area contributed by atoms with Gasteiger partial charge in [0.05, 0.1) is 12.6 Å². The highest BCUT2D eigenvalue weighted by molar-refractivity contribution is 9.10. The van der Waals surface area contributed by atoms with Gasteiger partial charge in [-0.3, -0.25) is 4.99 Å². The van der Waals surface area contributed by atoms with Gasteiger partial charge in [0.2, 0.25) is 0 Å². The molecule has 0 radical (unpaired) electrons. The molecule has 2 rings (SSSR count). The molecule has 86 valence electrons. The van der Waals surface area contributed by atoms with Crippen molar-refractivity contribution in [2.24, 2.45) is 10.7 Å². The number of aliphatic imine (C=N–C) groups is 1. The van der Waals surface area contributed by atoms with Crippen LogP contribution in [-0.2, 0) is 0 Å². The van der Waals surface area contributed by atoms with Crippen LogP contribution in [0.15, 0.2) is 27.7 Å². The molecule has 0 amide bonds. The average molecular weight is 286 g/mol. The second-order valence-corrected chi connectivity index (χ2v) is 4.52. The number of likely N-dealkylation sites (N-methyl/N-ethyl adjacent to an activating group) is 1. The van der Waals surface area contributed by atoms with Gasteiger partial charge in [-0.1, -0.05) is 15.9 Å². The summed E-state index contributed by atoms with van der Waals surface area (Å²) in [6, 6.07) is 4.72. The first-order valence-electron chi connectivity index (χ1n) is 5.15. The lowest BCUT2D eigenvalue weighted by molar-refractivity contribution is 0.362. The molecule has 0 saturated carbocycles. The molecule has 1 heterocycles. The van der Waals surface area contributed by atoms with Crippen LogP contribution in [0, 0.1) is 5.82 Å². The maximum Gasteiger partial charge on any atom is 0.191 e. The second kappa shape index (κ2) is 4.41. The molecule has 2 N–H and O–H groups in total. The first kappa shape index (κ1) is 11.4. The molecule has 16 heavy (non-hydrogen) atoms. The van der Waals surface area contributed by atoms with Gasteiger partial charge < -0.3 is 10.6 Å². The van der Waals surface area contributed by atoms with Crippen molar-refractivity contribution >= 4 is 21.9 Å². The molecule has 0 aromatic heterocycles. The lowest BCUT2D eigenvalue weighted by atomic mass is 10.1. The highest BCUT2D eigenvalue weighted by Gasteiger charge is 2.27. The van der Waals surface area contributed by atoms with Crippen LogP contribution >= 0.6 is 15.9 Å². The van der Waals surface area contributed by atoms with Gasteiger partial charge in [-0.25, -0.2) is 4.39 Å². The Labute approximate surface area is 102 Å². The number of rotatable bonds is 2. The second-order valence-electron chi connectivity index (χ2n) is 3.67. The SMILES string of the molecule is CCN1C(N)=NCC1c1cc(F)ccc1Br. The summed E-state index contributed by atoms with van der Waals surface area (Å²) in [5.41, 5.74) is 6.67. The molecule has 5 heteroatoms. The molecule has 0 aliphatic carbocycles. The monoisotopic (exact) mass is 285 g/mol. The standard InChI is InChI=1S/C11H13BrFN3/c1-2-16-10(6-15-11(16)14)8-5-7(13)3-4-9(8)12/h3-5,10H,2,6H2,1H3,(H2,14,15). The summed E-state index contributed by atoms with van der Waals surface area (Å²) in [7, 11) is 0. The van der Waals surface area contributed by atoms with E-state index in [-0.39, 0.29) is 11.9 Å². The van der Waals surface area contributed by atoms with E-state index >= 15 is 0 Å². The third-order valence-corrected chi connectivity index (χ3v) is 3.48. The predicted molar refractivity (Wildman–Crippen MR) is 65.7 cm³/mol. The van der Waals surface area contributed by atoms with Crippen molar-refractivity contribution in [3.63, 3.8) is 0 Å². The topological polar surface area (TPSA) is 41.6 Å². The third kappa shape index (κ3) is 1.91. The van der Waals surface area contributed by atoms with Crippen LogP contribution in [-0.4, -0.2) is 23.9 Å².